The summed E-state index contributed by atoms with van der Waals surface area (Å²) in [6.45, 7) is 7.68. The highest BCUT2D eigenvalue weighted by molar-refractivity contribution is 5.43. The number of ether oxygens (including phenoxy) is 3. The molecule has 1 N–H and O–H groups in total. The van der Waals surface area contributed by atoms with E-state index in [9.17, 15) is 0 Å². The van der Waals surface area contributed by atoms with E-state index >= 15 is 0 Å². The highest BCUT2D eigenvalue weighted by atomic mass is 16.6. The fourth-order valence-electron chi connectivity index (χ4n) is 3.33. The van der Waals surface area contributed by atoms with Gasteiger partial charge in [-0.1, -0.05) is 30.3 Å². The average molecular weight is 354 g/mol. The molecule has 138 valence electrons. The third kappa shape index (κ3) is 4.55. The van der Waals surface area contributed by atoms with E-state index in [0.29, 0.717) is 13.2 Å². The summed E-state index contributed by atoms with van der Waals surface area (Å²) in [5.74, 6) is 1.69. The van der Waals surface area contributed by atoms with E-state index < -0.39 is 0 Å². The van der Waals surface area contributed by atoms with Crippen molar-refractivity contribution < 1.29 is 14.2 Å². The van der Waals surface area contributed by atoms with Crippen LogP contribution in [0.15, 0.2) is 42.5 Å². The minimum Gasteiger partial charge on any atom is -0.486 e. The zero-order valence-corrected chi connectivity index (χ0v) is 15.1. The van der Waals surface area contributed by atoms with Gasteiger partial charge in [0.2, 0.25) is 0 Å². The van der Waals surface area contributed by atoms with Gasteiger partial charge in [0, 0.05) is 32.7 Å². The predicted molar refractivity (Wildman–Crippen MR) is 101 cm³/mol. The number of fused-ring (bicyclic) bond motifs is 1. The Morgan fingerprint density at radius 1 is 0.731 bits per heavy atom. The van der Waals surface area contributed by atoms with E-state index in [4.69, 9.17) is 14.2 Å². The van der Waals surface area contributed by atoms with Crippen molar-refractivity contribution in [3.05, 3.63) is 59.2 Å². The van der Waals surface area contributed by atoms with Crippen molar-refractivity contribution in [2.24, 2.45) is 0 Å². The van der Waals surface area contributed by atoms with Crippen LogP contribution in [0.1, 0.15) is 16.7 Å². The van der Waals surface area contributed by atoms with Crippen LogP contribution in [0.25, 0.3) is 0 Å². The van der Waals surface area contributed by atoms with Crippen LogP contribution in [0.5, 0.6) is 11.5 Å². The van der Waals surface area contributed by atoms with E-state index in [1.54, 1.807) is 0 Å². The predicted octanol–water partition coefficient (Wildman–Crippen LogP) is 2.58. The normalized spacial score (nSPS) is 17.2. The molecule has 0 atom stereocenters. The summed E-state index contributed by atoms with van der Waals surface area (Å²) in [6, 6.07) is 15.0. The highest BCUT2D eigenvalue weighted by Crippen LogP contribution is 2.30. The second kappa shape index (κ2) is 8.54. The lowest BCUT2D eigenvalue weighted by atomic mass is 10.1. The fourth-order valence-corrected chi connectivity index (χ4v) is 3.33. The Bertz CT molecular complexity index is 712. The van der Waals surface area contributed by atoms with E-state index in [2.05, 4.69) is 46.6 Å². The Balaban J connectivity index is 1.25. The number of nitrogens with zero attached hydrogens (tertiary/aromatic N) is 1. The van der Waals surface area contributed by atoms with Gasteiger partial charge in [0.25, 0.3) is 0 Å². The highest BCUT2D eigenvalue weighted by Gasteiger charge is 2.12. The summed E-state index contributed by atoms with van der Waals surface area (Å²) in [5.41, 5.74) is 3.87. The van der Waals surface area contributed by atoms with Crippen LogP contribution in [-0.2, 0) is 24.4 Å². The quantitative estimate of drug-likeness (QED) is 0.864. The molecule has 5 heteroatoms. The monoisotopic (exact) mass is 354 g/mol. The minimum absolute atomic E-state index is 0.626. The van der Waals surface area contributed by atoms with E-state index in [1.807, 2.05) is 6.07 Å². The molecular weight excluding hydrogens is 328 g/mol. The Hall–Kier alpha value is -2.08. The molecule has 2 aliphatic rings. The molecular formula is C21H26N2O3. The van der Waals surface area contributed by atoms with Gasteiger partial charge in [0.15, 0.2) is 11.5 Å². The lowest BCUT2D eigenvalue weighted by molar-refractivity contribution is 0.0342. The molecule has 0 radical (unpaired) electrons. The molecule has 0 unspecified atom stereocenters. The van der Waals surface area contributed by atoms with Gasteiger partial charge in [-0.3, -0.25) is 4.90 Å². The molecule has 26 heavy (non-hydrogen) atoms. The maximum absolute atomic E-state index is 5.64. The van der Waals surface area contributed by atoms with E-state index in [-0.39, 0.29) is 0 Å². The van der Waals surface area contributed by atoms with Crippen molar-refractivity contribution >= 4 is 0 Å². The second-order valence-corrected chi connectivity index (χ2v) is 6.79. The van der Waals surface area contributed by atoms with Gasteiger partial charge >= 0.3 is 0 Å². The fraction of sp³-hybridized carbons (Fsp3) is 0.429. The van der Waals surface area contributed by atoms with Gasteiger partial charge in [-0.2, -0.15) is 0 Å². The molecule has 1 fully saturated rings. The largest absolute Gasteiger partial charge is 0.486 e. The van der Waals surface area contributed by atoms with Crippen molar-refractivity contribution in [1.29, 1.82) is 0 Å². The Morgan fingerprint density at radius 2 is 1.38 bits per heavy atom. The number of nitrogens with one attached hydrogen (secondary N) is 1. The summed E-state index contributed by atoms with van der Waals surface area (Å²) >= 11 is 0. The molecule has 0 aromatic heterocycles. The number of benzene rings is 2. The van der Waals surface area contributed by atoms with Crippen molar-refractivity contribution in [1.82, 2.24) is 10.2 Å². The van der Waals surface area contributed by atoms with Crippen LogP contribution in [0.3, 0.4) is 0 Å². The van der Waals surface area contributed by atoms with Crippen LogP contribution in [-0.4, -0.2) is 44.4 Å². The van der Waals surface area contributed by atoms with Crippen LogP contribution in [0.4, 0.5) is 0 Å². The average Bonchev–Trinajstić information content (AvgIpc) is 2.70. The molecule has 0 spiro atoms. The summed E-state index contributed by atoms with van der Waals surface area (Å²) in [7, 11) is 0. The van der Waals surface area contributed by atoms with Gasteiger partial charge in [-0.15, -0.1) is 0 Å². The number of hydrogen-bond acceptors (Lipinski definition) is 5. The van der Waals surface area contributed by atoms with Gasteiger partial charge in [-0.05, 0) is 28.8 Å². The first kappa shape index (κ1) is 17.3. The maximum atomic E-state index is 5.64. The summed E-state index contributed by atoms with van der Waals surface area (Å²) in [6.07, 6.45) is 0. The molecule has 2 aromatic carbocycles. The molecule has 2 aromatic rings. The SMILES string of the molecule is c1cc(CN2CCOCC2)ccc1CNCc1ccc2c(c1)OCCO2. The first-order chi connectivity index (χ1) is 12.9. The molecule has 0 bridgehead atoms. The van der Waals surface area contributed by atoms with Crippen molar-refractivity contribution in [3.63, 3.8) is 0 Å². The minimum atomic E-state index is 0.626. The van der Waals surface area contributed by atoms with Crippen LogP contribution in [0, 0.1) is 0 Å². The standard InChI is InChI=1S/C21H26N2O3/c1-3-18(16-23-7-9-24-10-8-23)4-2-17(1)14-22-15-19-5-6-20-21(13-19)26-12-11-25-20/h1-6,13,22H,7-12,14-16H2. The summed E-state index contributed by atoms with van der Waals surface area (Å²) in [4.78, 5) is 2.44. The van der Waals surface area contributed by atoms with Crippen molar-refractivity contribution in [3.8, 4) is 11.5 Å². The molecule has 0 saturated carbocycles. The van der Waals surface area contributed by atoms with Gasteiger partial charge in [0.1, 0.15) is 13.2 Å². The maximum Gasteiger partial charge on any atom is 0.161 e. The lowest BCUT2D eigenvalue weighted by Gasteiger charge is -2.26. The molecule has 4 rings (SSSR count). The Morgan fingerprint density at radius 3 is 2.19 bits per heavy atom. The zero-order chi connectivity index (χ0) is 17.6. The van der Waals surface area contributed by atoms with Crippen LogP contribution >= 0.6 is 0 Å². The van der Waals surface area contributed by atoms with Crippen LogP contribution < -0.4 is 14.8 Å². The number of hydrogen-bond donors (Lipinski definition) is 1. The van der Waals surface area contributed by atoms with E-state index in [0.717, 1.165) is 57.4 Å². The topological polar surface area (TPSA) is 43.0 Å². The Kier molecular flexibility index (Phi) is 5.69. The number of morpholine rings is 1. The zero-order valence-electron chi connectivity index (χ0n) is 15.1. The van der Waals surface area contributed by atoms with Crippen molar-refractivity contribution in [2.75, 3.05) is 39.5 Å². The van der Waals surface area contributed by atoms with Gasteiger partial charge in [-0.25, -0.2) is 0 Å². The molecule has 0 aliphatic carbocycles. The Labute approximate surface area is 154 Å². The molecule has 2 aliphatic heterocycles. The van der Waals surface area contributed by atoms with Gasteiger partial charge < -0.3 is 19.5 Å². The molecule has 1 saturated heterocycles. The van der Waals surface area contributed by atoms with Crippen LogP contribution in [0.2, 0.25) is 0 Å². The van der Waals surface area contributed by atoms with Crippen molar-refractivity contribution in [2.45, 2.75) is 19.6 Å². The third-order valence-electron chi connectivity index (χ3n) is 4.80. The first-order valence-electron chi connectivity index (χ1n) is 9.34. The van der Waals surface area contributed by atoms with E-state index in [1.165, 1.54) is 16.7 Å². The molecule has 0 amide bonds. The number of rotatable bonds is 6. The smallest absolute Gasteiger partial charge is 0.161 e. The second-order valence-electron chi connectivity index (χ2n) is 6.79. The first-order valence-corrected chi connectivity index (χ1v) is 9.34. The molecule has 2 heterocycles. The summed E-state index contributed by atoms with van der Waals surface area (Å²) in [5, 5.41) is 3.50. The molecule has 5 nitrogen and oxygen atoms in total. The lowest BCUT2D eigenvalue weighted by Crippen LogP contribution is -2.35. The van der Waals surface area contributed by atoms with Gasteiger partial charge in [0.05, 0.1) is 13.2 Å². The summed E-state index contributed by atoms with van der Waals surface area (Å²) < 4.78 is 16.6. The third-order valence-corrected chi connectivity index (χ3v) is 4.80.